The molecule has 0 amide bonds. The summed E-state index contributed by atoms with van der Waals surface area (Å²) in [6.45, 7) is 2.65. The Bertz CT molecular complexity index is 597. The zero-order chi connectivity index (χ0) is 14.5. The number of hydrogen-bond donors (Lipinski definition) is 0. The van der Waals surface area contributed by atoms with Crippen LogP contribution in [-0.2, 0) is 11.3 Å². The molecule has 20 heavy (non-hydrogen) atoms. The Morgan fingerprint density at radius 3 is 2.60 bits per heavy atom. The molecule has 0 saturated heterocycles. The van der Waals surface area contributed by atoms with Crippen LogP contribution in [0.3, 0.4) is 0 Å². The van der Waals surface area contributed by atoms with Crippen molar-refractivity contribution in [1.29, 1.82) is 0 Å². The highest BCUT2D eigenvalue weighted by atomic mass is 16.5. The molecule has 2 rings (SSSR count). The highest BCUT2D eigenvalue weighted by Crippen LogP contribution is 2.17. The summed E-state index contributed by atoms with van der Waals surface area (Å²) in [5.41, 5.74) is 2.58. The highest BCUT2D eigenvalue weighted by molar-refractivity contribution is 5.90. The molecule has 0 radical (unpaired) electrons. The molecule has 0 spiro atoms. The van der Waals surface area contributed by atoms with Crippen LogP contribution < -0.4 is 4.90 Å². The number of benzene rings is 1. The number of rotatable bonds is 4. The van der Waals surface area contributed by atoms with Crippen LogP contribution in [-0.4, -0.2) is 25.1 Å². The summed E-state index contributed by atoms with van der Waals surface area (Å²) in [7, 11) is 3.35. The molecule has 0 saturated carbocycles. The van der Waals surface area contributed by atoms with Crippen LogP contribution in [0.15, 0.2) is 42.6 Å². The lowest BCUT2D eigenvalue weighted by Crippen LogP contribution is -2.18. The third kappa shape index (κ3) is 3.15. The van der Waals surface area contributed by atoms with E-state index in [1.165, 1.54) is 12.7 Å². The second-order valence-electron chi connectivity index (χ2n) is 4.69. The normalized spacial score (nSPS) is 10.2. The second-order valence-corrected chi connectivity index (χ2v) is 4.69. The zero-order valence-corrected chi connectivity index (χ0v) is 12.0. The summed E-state index contributed by atoms with van der Waals surface area (Å²) in [4.78, 5) is 17.9. The van der Waals surface area contributed by atoms with Crippen molar-refractivity contribution in [2.75, 3.05) is 19.1 Å². The number of aryl methyl sites for hydroxylation is 1. The highest BCUT2D eigenvalue weighted by Gasteiger charge is 2.12. The zero-order valence-electron chi connectivity index (χ0n) is 12.0. The number of esters is 1. The Balaban J connectivity index is 2.17. The summed E-state index contributed by atoms with van der Waals surface area (Å²) in [5.74, 6) is 0.478. The minimum absolute atomic E-state index is 0.354. The molecule has 0 atom stereocenters. The van der Waals surface area contributed by atoms with E-state index in [2.05, 4.69) is 17.1 Å². The fraction of sp³-hybridized carbons (Fsp3) is 0.250. The molecular formula is C16H18N2O2. The Labute approximate surface area is 119 Å². The molecule has 2 aromatic rings. The van der Waals surface area contributed by atoms with Crippen LogP contribution in [0, 0.1) is 6.92 Å². The van der Waals surface area contributed by atoms with Crippen molar-refractivity contribution in [1.82, 2.24) is 4.98 Å². The number of ether oxygens (including phenoxy) is 1. The SMILES string of the molecule is COC(=O)c1cnc(N(C)Cc2ccccc2)cc1C. The molecule has 0 aliphatic heterocycles. The van der Waals surface area contributed by atoms with Gasteiger partial charge in [0.05, 0.1) is 12.7 Å². The smallest absolute Gasteiger partial charge is 0.339 e. The first-order chi connectivity index (χ1) is 9.61. The summed E-state index contributed by atoms with van der Waals surface area (Å²) in [6, 6.07) is 12.1. The maximum absolute atomic E-state index is 11.5. The van der Waals surface area contributed by atoms with Crippen LogP contribution in [0.4, 0.5) is 5.82 Å². The monoisotopic (exact) mass is 270 g/mol. The maximum atomic E-state index is 11.5. The van der Waals surface area contributed by atoms with E-state index in [9.17, 15) is 4.79 Å². The molecular weight excluding hydrogens is 252 g/mol. The lowest BCUT2D eigenvalue weighted by Gasteiger charge is -2.19. The van der Waals surface area contributed by atoms with E-state index in [0.717, 1.165) is 17.9 Å². The van der Waals surface area contributed by atoms with Crippen molar-refractivity contribution in [3.8, 4) is 0 Å². The molecule has 0 bridgehead atoms. The number of methoxy groups -OCH3 is 1. The van der Waals surface area contributed by atoms with Crippen molar-refractivity contribution in [3.05, 3.63) is 59.3 Å². The fourth-order valence-corrected chi connectivity index (χ4v) is 2.01. The number of hydrogen-bond acceptors (Lipinski definition) is 4. The molecule has 4 heteroatoms. The molecule has 0 aliphatic rings. The van der Waals surface area contributed by atoms with Gasteiger partial charge < -0.3 is 9.64 Å². The number of carbonyl (C=O) groups is 1. The largest absolute Gasteiger partial charge is 0.465 e. The van der Waals surface area contributed by atoms with Gasteiger partial charge in [0, 0.05) is 19.8 Å². The average Bonchev–Trinajstić information content (AvgIpc) is 2.47. The number of pyridine rings is 1. The molecule has 0 fully saturated rings. The van der Waals surface area contributed by atoms with Gasteiger partial charge in [0.1, 0.15) is 5.82 Å². The van der Waals surface area contributed by atoms with Gasteiger partial charge in [-0.2, -0.15) is 0 Å². The molecule has 1 aromatic carbocycles. The van der Waals surface area contributed by atoms with Crippen LogP contribution in [0.2, 0.25) is 0 Å². The summed E-state index contributed by atoms with van der Waals surface area (Å²) in [5, 5.41) is 0. The Morgan fingerprint density at radius 2 is 2.00 bits per heavy atom. The van der Waals surface area contributed by atoms with Crippen molar-refractivity contribution < 1.29 is 9.53 Å². The van der Waals surface area contributed by atoms with Crippen LogP contribution in [0.1, 0.15) is 21.5 Å². The molecule has 0 aliphatic carbocycles. The van der Waals surface area contributed by atoms with Gasteiger partial charge in [-0.15, -0.1) is 0 Å². The van der Waals surface area contributed by atoms with E-state index in [1.54, 1.807) is 6.20 Å². The number of carbonyl (C=O) groups excluding carboxylic acids is 1. The topological polar surface area (TPSA) is 42.4 Å². The number of anilines is 1. The molecule has 0 N–H and O–H groups in total. The van der Waals surface area contributed by atoms with E-state index in [0.29, 0.717) is 5.56 Å². The van der Waals surface area contributed by atoms with Gasteiger partial charge in [-0.3, -0.25) is 0 Å². The Kier molecular flexibility index (Phi) is 4.35. The average molecular weight is 270 g/mol. The fourth-order valence-electron chi connectivity index (χ4n) is 2.01. The van der Waals surface area contributed by atoms with Crippen molar-refractivity contribution in [2.24, 2.45) is 0 Å². The lowest BCUT2D eigenvalue weighted by molar-refractivity contribution is 0.0599. The van der Waals surface area contributed by atoms with Gasteiger partial charge in [0.2, 0.25) is 0 Å². The van der Waals surface area contributed by atoms with E-state index >= 15 is 0 Å². The van der Waals surface area contributed by atoms with Gasteiger partial charge >= 0.3 is 5.97 Å². The van der Waals surface area contributed by atoms with Crippen molar-refractivity contribution in [2.45, 2.75) is 13.5 Å². The van der Waals surface area contributed by atoms with Gasteiger partial charge in [0.25, 0.3) is 0 Å². The number of aromatic nitrogens is 1. The molecule has 1 aromatic heterocycles. The van der Waals surface area contributed by atoms with Gasteiger partial charge in [-0.05, 0) is 24.1 Å². The number of nitrogens with zero attached hydrogens (tertiary/aromatic N) is 2. The van der Waals surface area contributed by atoms with E-state index in [-0.39, 0.29) is 5.97 Å². The van der Waals surface area contributed by atoms with E-state index < -0.39 is 0 Å². The van der Waals surface area contributed by atoms with Crippen LogP contribution in [0.25, 0.3) is 0 Å². The first kappa shape index (κ1) is 14.1. The third-order valence-corrected chi connectivity index (χ3v) is 3.16. The van der Waals surface area contributed by atoms with Crippen LogP contribution >= 0.6 is 0 Å². The minimum Gasteiger partial charge on any atom is -0.465 e. The first-order valence-corrected chi connectivity index (χ1v) is 6.42. The van der Waals surface area contributed by atoms with Gasteiger partial charge in [-0.1, -0.05) is 30.3 Å². The molecule has 104 valence electrons. The molecule has 1 heterocycles. The standard InChI is InChI=1S/C16H18N2O2/c1-12-9-15(17-10-14(12)16(19)20-3)18(2)11-13-7-5-4-6-8-13/h4-10H,11H2,1-3H3. The second kappa shape index (κ2) is 6.19. The van der Waals surface area contributed by atoms with Crippen molar-refractivity contribution >= 4 is 11.8 Å². The van der Waals surface area contributed by atoms with E-state index in [4.69, 9.17) is 4.74 Å². The molecule has 4 nitrogen and oxygen atoms in total. The van der Waals surface area contributed by atoms with E-state index in [1.807, 2.05) is 43.1 Å². The maximum Gasteiger partial charge on any atom is 0.339 e. The lowest BCUT2D eigenvalue weighted by atomic mass is 10.1. The first-order valence-electron chi connectivity index (χ1n) is 6.42. The summed E-state index contributed by atoms with van der Waals surface area (Å²) in [6.07, 6.45) is 1.57. The third-order valence-electron chi connectivity index (χ3n) is 3.16. The predicted octanol–water partition coefficient (Wildman–Crippen LogP) is 2.81. The quantitative estimate of drug-likeness (QED) is 0.801. The molecule has 0 unspecified atom stereocenters. The minimum atomic E-state index is -0.354. The predicted molar refractivity (Wildman–Crippen MR) is 78.9 cm³/mol. The van der Waals surface area contributed by atoms with Gasteiger partial charge in [0.15, 0.2) is 0 Å². The Hall–Kier alpha value is -2.36. The Morgan fingerprint density at radius 1 is 1.30 bits per heavy atom. The van der Waals surface area contributed by atoms with Crippen LogP contribution in [0.5, 0.6) is 0 Å². The summed E-state index contributed by atoms with van der Waals surface area (Å²) >= 11 is 0. The van der Waals surface area contributed by atoms with Gasteiger partial charge in [-0.25, -0.2) is 9.78 Å². The summed E-state index contributed by atoms with van der Waals surface area (Å²) < 4.78 is 4.72. The van der Waals surface area contributed by atoms with Crippen molar-refractivity contribution in [3.63, 3.8) is 0 Å².